The molecule has 0 amide bonds. The molecule has 0 radical (unpaired) electrons. The van der Waals surface area contributed by atoms with Crippen molar-refractivity contribution < 1.29 is 0 Å². The topological polar surface area (TPSA) is 39.1 Å². The standard InChI is InChI=1S/C17H35N3/c1-14(2)8-10-20(11-9-15(3)4)13-17(7,12-18)19-16(5)6/h14-16,19H,8-11,13H2,1-7H3. The first kappa shape index (κ1) is 19.4. The summed E-state index contributed by atoms with van der Waals surface area (Å²) in [5.41, 5.74) is -0.456. The largest absolute Gasteiger partial charge is 0.300 e. The second-order valence-corrected chi connectivity index (χ2v) is 7.38. The van der Waals surface area contributed by atoms with E-state index in [-0.39, 0.29) is 0 Å². The zero-order valence-corrected chi connectivity index (χ0v) is 14.7. The fourth-order valence-electron chi connectivity index (χ4n) is 2.35. The molecule has 1 N–H and O–H groups in total. The molecule has 0 saturated carbocycles. The molecule has 0 aromatic heterocycles. The molecule has 0 aromatic rings. The summed E-state index contributed by atoms with van der Waals surface area (Å²) in [6, 6.07) is 2.79. The maximum absolute atomic E-state index is 9.50. The number of hydrogen-bond acceptors (Lipinski definition) is 3. The summed E-state index contributed by atoms with van der Waals surface area (Å²) in [7, 11) is 0. The number of hydrogen-bond donors (Lipinski definition) is 1. The fraction of sp³-hybridized carbons (Fsp3) is 0.941. The van der Waals surface area contributed by atoms with Crippen LogP contribution in [0.3, 0.4) is 0 Å². The molecule has 1 atom stereocenters. The Labute approximate surface area is 126 Å². The Bertz CT molecular complexity index is 279. The SMILES string of the molecule is CC(C)CCN(CCC(C)C)CC(C)(C#N)NC(C)C. The first-order valence-electron chi connectivity index (χ1n) is 8.10. The van der Waals surface area contributed by atoms with E-state index in [1.807, 2.05) is 6.92 Å². The van der Waals surface area contributed by atoms with Crippen molar-refractivity contribution in [2.45, 2.75) is 72.9 Å². The number of rotatable bonds is 10. The first-order valence-corrected chi connectivity index (χ1v) is 8.10. The zero-order valence-electron chi connectivity index (χ0n) is 14.7. The lowest BCUT2D eigenvalue weighted by Gasteiger charge is -2.33. The van der Waals surface area contributed by atoms with E-state index in [1.165, 1.54) is 12.8 Å². The van der Waals surface area contributed by atoms with Crippen molar-refractivity contribution in [1.29, 1.82) is 5.26 Å². The highest BCUT2D eigenvalue weighted by atomic mass is 15.2. The van der Waals surface area contributed by atoms with Crippen LogP contribution in [0.1, 0.15) is 61.3 Å². The van der Waals surface area contributed by atoms with Crippen LogP contribution in [0.25, 0.3) is 0 Å². The first-order chi connectivity index (χ1) is 9.18. The third kappa shape index (κ3) is 9.34. The molecule has 0 aliphatic heterocycles. The van der Waals surface area contributed by atoms with Gasteiger partial charge in [0.2, 0.25) is 0 Å². The van der Waals surface area contributed by atoms with Crippen molar-refractivity contribution in [2.24, 2.45) is 11.8 Å². The Morgan fingerprint density at radius 3 is 1.75 bits per heavy atom. The van der Waals surface area contributed by atoms with Crippen LogP contribution in [0.4, 0.5) is 0 Å². The molecular weight excluding hydrogens is 246 g/mol. The van der Waals surface area contributed by atoms with Gasteiger partial charge in [0.25, 0.3) is 0 Å². The van der Waals surface area contributed by atoms with Crippen molar-refractivity contribution in [3.05, 3.63) is 0 Å². The van der Waals surface area contributed by atoms with Crippen molar-refractivity contribution in [3.8, 4) is 6.07 Å². The third-order valence-electron chi connectivity index (χ3n) is 3.44. The van der Waals surface area contributed by atoms with Crippen LogP contribution in [-0.2, 0) is 0 Å². The van der Waals surface area contributed by atoms with E-state index >= 15 is 0 Å². The van der Waals surface area contributed by atoms with Crippen molar-refractivity contribution in [2.75, 3.05) is 19.6 Å². The highest BCUT2D eigenvalue weighted by Gasteiger charge is 2.27. The van der Waals surface area contributed by atoms with E-state index in [0.717, 1.165) is 19.6 Å². The van der Waals surface area contributed by atoms with Crippen LogP contribution >= 0.6 is 0 Å². The van der Waals surface area contributed by atoms with Crippen LogP contribution in [0.15, 0.2) is 0 Å². The normalized spacial score (nSPS) is 15.1. The minimum atomic E-state index is -0.456. The lowest BCUT2D eigenvalue weighted by molar-refractivity contribution is 0.195. The van der Waals surface area contributed by atoms with E-state index in [4.69, 9.17) is 0 Å². The molecule has 118 valence electrons. The van der Waals surface area contributed by atoms with E-state index in [2.05, 4.69) is 57.8 Å². The smallest absolute Gasteiger partial charge is 0.116 e. The van der Waals surface area contributed by atoms with Crippen LogP contribution in [0.2, 0.25) is 0 Å². The van der Waals surface area contributed by atoms with Gasteiger partial charge in [-0.3, -0.25) is 5.32 Å². The highest BCUT2D eigenvalue weighted by molar-refractivity contribution is 5.06. The fourth-order valence-corrected chi connectivity index (χ4v) is 2.35. The molecule has 1 unspecified atom stereocenters. The lowest BCUT2D eigenvalue weighted by atomic mass is 10.0. The summed E-state index contributed by atoms with van der Waals surface area (Å²) in [5.74, 6) is 1.42. The molecule has 3 nitrogen and oxygen atoms in total. The second-order valence-electron chi connectivity index (χ2n) is 7.38. The van der Waals surface area contributed by atoms with Crippen molar-refractivity contribution >= 4 is 0 Å². The Hall–Kier alpha value is -0.590. The highest BCUT2D eigenvalue weighted by Crippen LogP contribution is 2.12. The van der Waals surface area contributed by atoms with Gasteiger partial charge >= 0.3 is 0 Å². The number of nitrogens with one attached hydrogen (secondary N) is 1. The van der Waals surface area contributed by atoms with Gasteiger partial charge in [-0.05, 0) is 58.5 Å². The average Bonchev–Trinajstić information content (AvgIpc) is 2.31. The molecular formula is C17H35N3. The van der Waals surface area contributed by atoms with Crippen LogP contribution in [-0.4, -0.2) is 36.1 Å². The van der Waals surface area contributed by atoms with Crippen LogP contribution in [0.5, 0.6) is 0 Å². The van der Waals surface area contributed by atoms with E-state index < -0.39 is 5.54 Å². The number of nitriles is 1. The molecule has 0 saturated heterocycles. The summed E-state index contributed by atoms with van der Waals surface area (Å²) in [4.78, 5) is 2.46. The second kappa shape index (κ2) is 9.37. The molecule has 0 aliphatic carbocycles. The van der Waals surface area contributed by atoms with Gasteiger partial charge in [-0.25, -0.2) is 0 Å². The molecule has 0 bridgehead atoms. The molecule has 0 spiro atoms. The Kier molecular flexibility index (Phi) is 9.09. The van der Waals surface area contributed by atoms with Crippen LogP contribution < -0.4 is 5.32 Å². The van der Waals surface area contributed by atoms with E-state index in [0.29, 0.717) is 17.9 Å². The summed E-state index contributed by atoms with van der Waals surface area (Å²) >= 11 is 0. The van der Waals surface area contributed by atoms with Gasteiger partial charge in [0.15, 0.2) is 0 Å². The van der Waals surface area contributed by atoms with Crippen molar-refractivity contribution in [1.82, 2.24) is 10.2 Å². The van der Waals surface area contributed by atoms with Gasteiger partial charge in [-0.1, -0.05) is 27.7 Å². The maximum atomic E-state index is 9.50. The molecule has 3 heteroatoms. The van der Waals surface area contributed by atoms with Gasteiger partial charge < -0.3 is 4.90 Å². The monoisotopic (exact) mass is 281 g/mol. The van der Waals surface area contributed by atoms with Gasteiger partial charge in [-0.15, -0.1) is 0 Å². The van der Waals surface area contributed by atoms with Crippen LogP contribution in [0, 0.1) is 23.2 Å². The van der Waals surface area contributed by atoms with E-state index in [1.54, 1.807) is 0 Å². The Morgan fingerprint density at radius 2 is 1.45 bits per heavy atom. The zero-order chi connectivity index (χ0) is 15.8. The summed E-state index contributed by atoms with van der Waals surface area (Å²) in [6.07, 6.45) is 2.39. The number of nitrogens with zero attached hydrogens (tertiary/aromatic N) is 2. The van der Waals surface area contributed by atoms with Gasteiger partial charge in [0, 0.05) is 12.6 Å². The third-order valence-corrected chi connectivity index (χ3v) is 3.44. The molecule has 0 aromatic carbocycles. The molecule has 0 rings (SSSR count). The molecule has 0 aliphatic rings. The predicted octanol–water partition coefficient (Wildman–Crippen LogP) is 3.66. The molecule has 20 heavy (non-hydrogen) atoms. The molecule has 0 heterocycles. The Morgan fingerprint density at radius 1 is 1.00 bits per heavy atom. The van der Waals surface area contributed by atoms with E-state index in [9.17, 15) is 5.26 Å². The lowest BCUT2D eigenvalue weighted by Crippen LogP contribution is -2.53. The quantitative estimate of drug-likeness (QED) is 0.664. The summed E-state index contributed by atoms with van der Waals surface area (Å²) < 4.78 is 0. The minimum Gasteiger partial charge on any atom is -0.300 e. The average molecular weight is 281 g/mol. The summed E-state index contributed by atoms with van der Waals surface area (Å²) in [6.45, 7) is 18.2. The van der Waals surface area contributed by atoms with Gasteiger partial charge in [0.05, 0.1) is 6.07 Å². The van der Waals surface area contributed by atoms with Gasteiger partial charge in [-0.2, -0.15) is 5.26 Å². The summed E-state index contributed by atoms with van der Waals surface area (Å²) in [5, 5.41) is 12.9. The van der Waals surface area contributed by atoms with Crippen molar-refractivity contribution in [3.63, 3.8) is 0 Å². The maximum Gasteiger partial charge on any atom is 0.116 e. The predicted molar refractivity (Wildman–Crippen MR) is 87.6 cm³/mol. The Balaban J connectivity index is 4.61. The minimum absolute atomic E-state index is 0.330. The van der Waals surface area contributed by atoms with Gasteiger partial charge in [0.1, 0.15) is 5.54 Å². The molecule has 0 fully saturated rings.